The quantitative estimate of drug-likeness (QED) is 0.442. The number of aromatic hydroxyl groups is 2. The Bertz CT molecular complexity index is 1120. The average Bonchev–Trinajstić information content (AvgIpc) is 2.74. The summed E-state index contributed by atoms with van der Waals surface area (Å²) < 4.78 is 4.96. The number of carbonyl (C=O) groups excluding carboxylic acids is 3. The van der Waals surface area contributed by atoms with Crippen molar-refractivity contribution in [3.8, 4) is 11.5 Å². The number of fused-ring (bicyclic) bond motifs is 1. The van der Waals surface area contributed by atoms with Gasteiger partial charge in [-0.05, 0) is 30.3 Å². The molecule has 3 aromatic carbocycles. The molecule has 0 aliphatic carbocycles. The first-order valence-corrected chi connectivity index (χ1v) is 9.00. The van der Waals surface area contributed by atoms with Crippen molar-refractivity contribution >= 4 is 34.2 Å². The number of ether oxygens (including phenoxy) is 1. The number of rotatable bonds is 5. The van der Waals surface area contributed by atoms with Crippen LogP contribution in [-0.4, -0.2) is 53.6 Å². The summed E-state index contributed by atoms with van der Waals surface area (Å²) in [6.07, 6.45) is 0. The topological polar surface area (TPSA) is 116 Å². The van der Waals surface area contributed by atoms with Gasteiger partial charge in [0.05, 0.1) is 0 Å². The van der Waals surface area contributed by atoms with E-state index >= 15 is 0 Å². The van der Waals surface area contributed by atoms with Crippen LogP contribution < -0.4 is 5.32 Å². The van der Waals surface area contributed by atoms with Gasteiger partial charge in [0.15, 0.2) is 6.61 Å². The van der Waals surface area contributed by atoms with E-state index in [4.69, 9.17) is 4.74 Å². The molecule has 0 saturated heterocycles. The second kappa shape index (κ2) is 8.52. The number of anilines is 1. The molecule has 0 heterocycles. The number of esters is 1. The molecule has 8 heteroatoms. The number of benzene rings is 3. The second-order valence-corrected chi connectivity index (χ2v) is 6.74. The van der Waals surface area contributed by atoms with Crippen LogP contribution in [0.1, 0.15) is 20.7 Å². The van der Waals surface area contributed by atoms with Crippen LogP contribution in [0.15, 0.2) is 54.6 Å². The molecule has 3 aromatic rings. The summed E-state index contributed by atoms with van der Waals surface area (Å²) in [7, 11) is 3.28. The largest absolute Gasteiger partial charge is 0.507 e. The summed E-state index contributed by atoms with van der Waals surface area (Å²) in [6, 6.07) is 13.8. The Morgan fingerprint density at radius 1 is 0.967 bits per heavy atom. The van der Waals surface area contributed by atoms with Crippen molar-refractivity contribution in [1.82, 2.24) is 4.90 Å². The first-order chi connectivity index (χ1) is 14.3. The standard InChI is InChI=1S/C22H20N2O6/c1-24(2)21(28)13-7-9-14(10-8-13)23-19(26)12-30-22(29)17-11-18(25)15-5-3-4-6-16(15)20(17)27/h3-11,25,27H,12H2,1-2H3,(H,23,26). The maximum atomic E-state index is 12.3. The molecule has 0 fully saturated rings. The van der Waals surface area contributed by atoms with E-state index in [0.29, 0.717) is 22.0 Å². The third-order valence-electron chi connectivity index (χ3n) is 4.37. The van der Waals surface area contributed by atoms with Crippen molar-refractivity contribution in [1.29, 1.82) is 0 Å². The third kappa shape index (κ3) is 4.33. The van der Waals surface area contributed by atoms with Crippen LogP contribution in [0.25, 0.3) is 10.8 Å². The van der Waals surface area contributed by atoms with E-state index in [9.17, 15) is 24.6 Å². The van der Waals surface area contributed by atoms with Crippen LogP contribution in [0.4, 0.5) is 5.69 Å². The van der Waals surface area contributed by atoms with Gasteiger partial charge >= 0.3 is 5.97 Å². The Morgan fingerprint density at radius 3 is 2.23 bits per heavy atom. The van der Waals surface area contributed by atoms with E-state index in [1.807, 2.05) is 0 Å². The van der Waals surface area contributed by atoms with Crippen molar-refractivity contribution in [3.63, 3.8) is 0 Å². The Balaban J connectivity index is 1.64. The molecule has 2 amide bonds. The van der Waals surface area contributed by atoms with E-state index in [1.54, 1.807) is 62.6 Å². The van der Waals surface area contributed by atoms with Crippen LogP contribution in [0.3, 0.4) is 0 Å². The minimum absolute atomic E-state index is 0.166. The average molecular weight is 408 g/mol. The molecule has 0 aromatic heterocycles. The number of amides is 2. The molecule has 0 aliphatic rings. The molecular formula is C22H20N2O6. The van der Waals surface area contributed by atoms with Crippen LogP contribution in [0.5, 0.6) is 11.5 Å². The van der Waals surface area contributed by atoms with Crippen LogP contribution in [0.2, 0.25) is 0 Å². The van der Waals surface area contributed by atoms with E-state index in [2.05, 4.69) is 5.32 Å². The van der Waals surface area contributed by atoms with Gasteiger partial charge in [-0.2, -0.15) is 0 Å². The van der Waals surface area contributed by atoms with Crippen molar-refractivity contribution < 1.29 is 29.3 Å². The Hall–Kier alpha value is -4.07. The third-order valence-corrected chi connectivity index (χ3v) is 4.37. The van der Waals surface area contributed by atoms with Gasteiger partial charge in [-0.25, -0.2) is 4.79 Å². The fourth-order valence-corrected chi connectivity index (χ4v) is 2.86. The minimum Gasteiger partial charge on any atom is -0.507 e. The molecule has 0 unspecified atom stereocenters. The summed E-state index contributed by atoms with van der Waals surface area (Å²) in [5.41, 5.74) is 0.652. The highest BCUT2D eigenvalue weighted by atomic mass is 16.5. The first-order valence-electron chi connectivity index (χ1n) is 9.00. The molecular weight excluding hydrogens is 388 g/mol. The van der Waals surface area contributed by atoms with Crippen molar-refractivity contribution in [3.05, 3.63) is 65.7 Å². The molecule has 0 saturated carbocycles. The number of phenols is 2. The number of phenolic OH excluding ortho intramolecular Hbond substituents is 2. The zero-order chi connectivity index (χ0) is 21.8. The lowest BCUT2D eigenvalue weighted by atomic mass is 10.0. The summed E-state index contributed by atoms with van der Waals surface area (Å²) >= 11 is 0. The maximum Gasteiger partial charge on any atom is 0.342 e. The highest BCUT2D eigenvalue weighted by Crippen LogP contribution is 2.35. The van der Waals surface area contributed by atoms with E-state index < -0.39 is 18.5 Å². The smallest absolute Gasteiger partial charge is 0.342 e. The Labute approximate surface area is 172 Å². The number of nitrogens with one attached hydrogen (secondary N) is 1. The number of hydrogen-bond donors (Lipinski definition) is 3. The van der Waals surface area contributed by atoms with Gasteiger partial charge in [-0.1, -0.05) is 24.3 Å². The predicted octanol–water partition coefficient (Wildman–Crippen LogP) is 2.75. The van der Waals surface area contributed by atoms with Crippen molar-refractivity contribution in [2.45, 2.75) is 0 Å². The van der Waals surface area contributed by atoms with Crippen LogP contribution in [-0.2, 0) is 9.53 Å². The molecule has 0 spiro atoms. The van der Waals surface area contributed by atoms with Gasteiger partial charge in [0, 0.05) is 36.1 Å². The Morgan fingerprint density at radius 2 is 1.60 bits per heavy atom. The van der Waals surface area contributed by atoms with Crippen molar-refractivity contribution in [2.75, 3.05) is 26.0 Å². The SMILES string of the molecule is CN(C)C(=O)c1ccc(NC(=O)COC(=O)c2cc(O)c3ccccc3c2O)cc1. The molecule has 0 bridgehead atoms. The predicted molar refractivity (Wildman–Crippen MR) is 111 cm³/mol. The number of nitrogens with zero attached hydrogens (tertiary/aromatic N) is 1. The van der Waals surface area contributed by atoms with E-state index in [1.165, 1.54) is 4.90 Å². The normalized spacial score (nSPS) is 10.5. The lowest BCUT2D eigenvalue weighted by molar-refractivity contribution is -0.119. The zero-order valence-electron chi connectivity index (χ0n) is 16.4. The molecule has 0 aliphatic heterocycles. The Kier molecular flexibility index (Phi) is 5.87. The fraction of sp³-hybridized carbons (Fsp3) is 0.136. The van der Waals surface area contributed by atoms with E-state index in [-0.39, 0.29) is 23.0 Å². The highest BCUT2D eigenvalue weighted by Gasteiger charge is 2.19. The van der Waals surface area contributed by atoms with Gasteiger partial charge < -0.3 is 25.2 Å². The van der Waals surface area contributed by atoms with Gasteiger partial charge in [-0.15, -0.1) is 0 Å². The summed E-state index contributed by atoms with van der Waals surface area (Å²) in [6.45, 7) is -0.593. The lowest BCUT2D eigenvalue weighted by Crippen LogP contribution is -2.22. The van der Waals surface area contributed by atoms with Gasteiger partial charge in [0.2, 0.25) is 0 Å². The molecule has 3 rings (SSSR count). The summed E-state index contributed by atoms with van der Waals surface area (Å²) in [4.78, 5) is 37.7. The summed E-state index contributed by atoms with van der Waals surface area (Å²) in [5, 5.41) is 23.6. The minimum atomic E-state index is -0.948. The zero-order valence-corrected chi connectivity index (χ0v) is 16.4. The number of hydrogen-bond acceptors (Lipinski definition) is 6. The molecule has 8 nitrogen and oxygen atoms in total. The van der Waals surface area contributed by atoms with Crippen molar-refractivity contribution in [2.24, 2.45) is 0 Å². The lowest BCUT2D eigenvalue weighted by Gasteiger charge is -2.11. The molecule has 0 radical (unpaired) electrons. The van der Waals surface area contributed by atoms with Gasteiger partial charge in [-0.3, -0.25) is 9.59 Å². The van der Waals surface area contributed by atoms with Crippen LogP contribution in [0, 0.1) is 0 Å². The first kappa shape index (κ1) is 20.7. The van der Waals surface area contributed by atoms with Crippen LogP contribution >= 0.6 is 0 Å². The molecule has 30 heavy (non-hydrogen) atoms. The fourth-order valence-electron chi connectivity index (χ4n) is 2.86. The molecule has 0 atom stereocenters. The van der Waals surface area contributed by atoms with E-state index in [0.717, 1.165) is 6.07 Å². The molecule has 3 N–H and O–H groups in total. The monoisotopic (exact) mass is 408 g/mol. The second-order valence-electron chi connectivity index (χ2n) is 6.74. The van der Waals surface area contributed by atoms with Gasteiger partial charge in [0.25, 0.3) is 11.8 Å². The molecule has 154 valence electrons. The highest BCUT2D eigenvalue weighted by molar-refractivity contribution is 6.04. The van der Waals surface area contributed by atoms with Gasteiger partial charge in [0.1, 0.15) is 17.1 Å². The summed E-state index contributed by atoms with van der Waals surface area (Å²) in [5.74, 6) is -2.24. The maximum absolute atomic E-state index is 12.3. The number of carbonyl (C=O) groups is 3.